The molecule has 1 unspecified atom stereocenters. The Bertz CT molecular complexity index is 497. The number of amides is 2. The van der Waals surface area contributed by atoms with Crippen LogP contribution in [0.3, 0.4) is 0 Å². The minimum Gasteiger partial charge on any atom is -0.467 e. The van der Waals surface area contributed by atoms with Crippen LogP contribution < -0.4 is 10.6 Å². The van der Waals surface area contributed by atoms with Crippen LogP contribution in [0.25, 0.3) is 0 Å². The van der Waals surface area contributed by atoms with Crippen LogP contribution in [0.5, 0.6) is 0 Å². The van der Waals surface area contributed by atoms with Gasteiger partial charge in [-0.25, -0.2) is 4.79 Å². The van der Waals surface area contributed by atoms with Crippen molar-refractivity contribution in [1.82, 2.24) is 10.6 Å². The highest BCUT2D eigenvalue weighted by Gasteiger charge is 2.37. The monoisotopic (exact) mass is 322 g/mol. The molecule has 5 nitrogen and oxygen atoms in total. The Morgan fingerprint density at radius 3 is 2.61 bits per heavy atom. The molecule has 0 saturated heterocycles. The van der Waals surface area contributed by atoms with Gasteiger partial charge in [-0.1, -0.05) is 20.8 Å². The van der Waals surface area contributed by atoms with Crippen molar-refractivity contribution in [1.29, 1.82) is 0 Å². The number of carbonyl (C=O) groups is 1. The summed E-state index contributed by atoms with van der Waals surface area (Å²) in [5, 5.41) is 16.3. The number of nitrogens with one attached hydrogen (secondary N) is 2. The van der Waals surface area contributed by atoms with Crippen molar-refractivity contribution in [3.05, 3.63) is 24.2 Å². The first-order chi connectivity index (χ1) is 10.7. The standard InChI is InChI=1S/C18H30N2O3/c1-13(15-6-5-11-23-15)20-16(21)19-12-18(22)9-7-14(8-10-18)17(2,3)4/h5-6,11,13-14,22H,7-10,12H2,1-4H3,(H2,19,20,21). The molecule has 1 saturated carbocycles. The summed E-state index contributed by atoms with van der Waals surface area (Å²) in [6, 6.07) is 3.14. The van der Waals surface area contributed by atoms with Crippen molar-refractivity contribution < 1.29 is 14.3 Å². The SMILES string of the molecule is CC(NC(=O)NCC1(O)CCC(C(C)(C)C)CC1)c1ccco1. The van der Waals surface area contributed by atoms with Crippen LogP contribution in [0, 0.1) is 11.3 Å². The zero-order valence-corrected chi connectivity index (χ0v) is 14.7. The average molecular weight is 322 g/mol. The number of hydrogen-bond donors (Lipinski definition) is 3. The van der Waals surface area contributed by atoms with E-state index in [2.05, 4.69) is 31.4 Å². The van der Waals surface area contributed by atoms with E-state index in [4.69, 9.17) is 4.42 Å². The molecule has 1 atom stereocenters. The number of furan rings is 1. The maximum Gasteiger partial charge on any atom is 0.315 e. The largest absolute Gasteiger partial charge is 0.467 e. The molecule has 1 aromatic rings. The summed E-state index contributed by atoms with van der Waals surface area (Å²) >= 11 is 0. The van der Waals surface area contributed by atoms with Crippen LogP contribution in [-0.4, -0.2) is 23.3 Å². The average Bonchev–Trinajstić information content (AvgIpc) is 2.99. The van der Waals surface area contributed by atoms with Gasteiger partial charge in [0.2, 0.25) is 0 Å². The fourth-order valence-electron chi connectivity index (χ4n) is 3.30. The van der Waals surface area contributed by atoms with Gasteiger partial charge >= 0.3 is 6.03 Å². The Balaban J connectivity index is 1.76. The number of urea groups is 1. The van der Waals surface area contributed by atoms with Gasteiger partial charge in [0.15, 0.2) is 0 Å². The molecule has 0 radical (unpaired) electrons. The van der Waals surface area contributed by atoms with E-state index in [0.717, 1.165) is 25.7 Å². The second kappa shape index (κ2) is 6.95. The fraction of sp³-hybridized carbons (Fsp3) is 0.722. The van der Waals surface area contributed by atoms with E-state index in [1.807, 2.05) is 13.0 Å². The van der Waals surface area contributed by atoms with Crippen molar-refractivity contribution in [2.75, 3.05) is 6.54 Å². The van der Waals surface area contributed by atoms with Crippen molar-refractivity contribution in [2.45, 2.75) is 65.0 Å². The first kappa shape index (κ1) is 17.9. The lowest BCUT2D eigenvalue weighted by Gasteiger charge is -2.41. The Labute approximate surface area is 138 Å². The molecule has 0 aromatic carbocycles. The van der Waals surface area contributed by atoms with E-state index in [0.29, 0.717) is 18.2 Å². The van der Waals surface area contributed by atoms with Crippen LogP contribution in [0.2, 0.25) is 0 Å². The van der Waals surface area contributed by atoms with Gasteiger partial charge in [-0.2, -0.15) is 0 Å². The molecule has 1 fully saturated rings. The van der Waals surface area contributed by atoms with Crippen molar-refractivity contribution >= 4 is 6.03 Å². The molecule has 0 aliphatic heterocycles. The van der Waals surface area contributed by atoms with Crippen molar-refractivity contribution in [3.63, 3.8) is 0 Å². The van der Waals surface area contributed by atoms with Crippen LogP contribution in [0.1, 0.15) is 65.2 Å². The van der Waals surface area contributed by atoms with Gasteiger partial charge < -0.3 is 20.2 Å². The van der Waals surface area contributed by atoms with Gasteiger partial charge in [0.1, 0.15) is 5.76 Å². The van der Waals surface area contributed by atoms with Gasteiger partial charge in [0, 0.05) is 6.54 Å². The Morgan fingerprint density at radius 1 is 1.43 bits per heavy atom. The van der Waals surface area contributed by atoms with Gasteiger partial charge in [0.05, 0.1) is 17.9 Å². The normalized spacial score (nSPS) is 26.6. The molecule has 2 amide bonds. The molecule has 23 heavy (non-hydrogen) atoms. The lowest BCUT2D eigenvalue weighted by molar-refractivity contribution is -0.0219. The predicted molar refractivity (Wildman–Crippen MR) is 90.0 cm³/mol. The van der Waals surface area contributed by atoms with E-state index in [1.165, 1.54) is 0 Å². The Kier molecular flexibility index (Phi) is 5.40. The lowest BCUT2D eigenvalue weighted by Crippen LogP contribution is -2.49. The molecule has 5 heteroatoms. The number of rotatable bonds is 4. The van der Waals surface area contributed by atoms with E-state index in [9.17, 15) is 9.90 Å². The summed E-state index contributed by atoms with van der Waals surface area (Å²) in [7, 11) is 0. The minimum atomic E-state index is -0.785. The van der Waals surface area contributed by atoms with Crippen LogP contribution in [-0.2, 0) is 0 Å². The van der Waals surface area contributed by atoms with Gasteiger partial charge in [-0.3, -0.25) is 0 Å². The first-order valence-corrected chi connectivity index (χ1v) is 8.50. The topological polar surface area (TPSA) is 74.5 Å². The van der Waals surface area contributed by atoms with Crippen molar-refractivity contribution in [2.24, 2.45) is 11.3 Å². The quantitative estimate of drug-likeness (QED) is 0.793. The molecular formula is C18H30N2O3. The molecule has 130 valence electrons. The summed E-state index contributed by atoms with van der Waals surface area (Å²) in [5.41, 5.74) is -0.502. The van der Waals surface area contributed by atoms with Gasteiger partial charge in [0.25, 0.3) is 0 Å². The third-order valence-corrected chi connectivity index (χ3v) is 5.04. The minimum absolute atomic E-state index is 0.198. The highest BCUT2D eigenvalue weighted by atomic mass is 16.3. The fourth-order valence-corrected chi connectivity index (χ4v) is 3.30. The van der Waals surface area contributed by atoms with E-state index in [-0.39, 0.29) is 17.5 Å². The van der Waals surface area contributed by atoms with Crippen molar-refractivity contribution in [3.8, 4) is 0 Å². The molecule has 1 aliphatic rings. The smallest absolute Gasteiger partial charge is 0.315 e. The maximum atomic E-state index is 12.0. The maximum absolute atomic E-state index is 12.0. The van der Waals surface area contributed by atoms with Crippen LogP contribution in [0.4, 0.5) is 4.79 Å². The second-order valence-electron chi connectivity index (χ2n) is 7.93. The Hall–Kier alpha value is -1.49. The summed E-state index contributed by atoms with van der Waals surface area (Å²) < 4.78 is 5.26. The van der Waals surface area contributed by atoms with E-state index < -0.39 is 5.60 Å². The summed E-state index contributed by atoms with van der Waals surface area (Å²) in [4.78, 5) is 12.0. The Morgan fingerprint density at radius 2 is 2.09 bits per heavy atom. The van der Waals surface area contributed by atoms with E-state index >= 15 is 0 Å². The molecule has 2 rings (SSSR count). The zero-order chi connectivity index (χ0) is 17.1. The molecule has 1 aliphatic carbocycles. The molecular weight excluding hydrogens is 292 g/mol. The predicted octanol–water partition coefficient (Wildman–Crippen LogP) is 3.61. The third kappa shape index (κ3) is 4.99. The number of aliphatic hydroxyl groups is 1. The molecule has 1 heterocycles. The van der Waals surface area contributed by atoms with Gasteiger partial charge in [-0.05, 0) is 56.1 Å². The highest BCUT2D eigenvalue weighted by molar-refractivity contribution is 5.74. The lowest BCUT2D eigenvalue weighted by atomic mass is 9.68. The van der Waals surface area contributed by atoms with Gasteiger partial charge in [-0.15, -0.1) is 0 Å². The van der Waals surface area contributed by atoms with Crippen LogP contribution in [0.15, 0.2) is 22.8 Å². The van der Waals surface area contributed by atoms with Crippen LogP contribution >= 0.6 is 0 Å². The number of carbonyl (C=O) groups excluding carboxylic acids is 1. The molecule has 0 spiro atoms. The van der Waals surface area contributed by atoms with E-state index in [1.54, 1.807) is 12.3 Å². The first-order valence-electron chi connectivity index (χ1n) is 8.50. The number of hydrogen-bond acceptors (Lipinski definition) is 3. The molecule has 3 N–H and O–H groups in total. The summed E-state index contributed by atoms with van der Waals surface area (Å²) in [5.74, 6) is 1.35. The zero-order valence-electron chi connectivity index (χ0n) is 14.7. The summed E-state index contributed by atoms with van der Waals surface area (Å²) in [6.45, 7) is 8.92. The molecule has 1 aromatic heterocycles. The third-order valence-electron chi connectivity index (χ3n) is 5.04. The highest BCUT2D eigenvalue weighted by Crippen LogP contribution is 2.41. The summed E-state index contributed by atoms with van der Waals surface area (Å²) in [6.07, 6.45) is 5.08. The molecule has 0 bridgehead atoms. The second-order valence-corrected chi connectivity index (χ2v) is 7.93.